The zero-order chi connectivity index (χ0) is 14.9. The standard InChI is InChI=1S/C15H19N3O2S/c1-20-10-2-7-17-14(19)4-3-13-11-21-15(18-13)12-5-8-16-9-6-12/h5-6,8-9,11H,2-4,7,10H2,1H3,(H,17,19). The van der Waals surface area contributed by atoms with Gasteiger partial charge in [0.2, 0.25) is 5.91 Å². The van der Waals surface area contributed by atoms with E-state index in [1.54, 1.807) is 30.8 Å². The van der Waals surface area contributed by atoms with Crippen LogP contribution in [0, 0.1) is 0 Å². The van der Waals surface area contributed by atoms with Crippen molar-refractivity contribution in [3.8, 4) is 10.6 Å². The molecule has 5 nitrogen and oxygen atoms in total. The number of nitrogens with one attached hydrogen (secondary N) is 1. The van der Waals surface area contributed by atoms with E-state index >= 15 is 0 Å². The molecule has 0 aliphatic heterocycles. The first-order valence-corrected chi connectivity index (χ1v) is 7.78. The molecular formula is C15H19N3O2S. The van der Waals surface area contributed by atoms with E-state index in [1.165, 1.54) is 0 Å². The normalized spacial score (nSPS) is 10.5. The van der Waals surface area contributed by atoms with Crippen molar-refractivity contribution in [3.05, 3.63) is 35.6 Å². The Morgan fingerprint density at radius 1 is 1.38 bits per heavy atom. The van der Waals surface area contributed by atoms with Crippen LogP contribution in [-0.2, 0) is 16.0 Å². The molecule has 0 spiro atoms. The number of carbonyl (C=O) groups is 1. The number of rotatable bonds is 8. The highest BCUT2D eigenvalue weighted by Gasteiger charge is 2.07. The van der Waals surface area contributed by atoms with Gasteiger partial charge in [-0.1, -0.05) is 0 Å². The Hall–Kier alpha value is -1.79. The largest absolute Gasteiger partial charge is 0.385 e. The summed E-state index contributed by atoms with van der Waals surface area (Å²) in [4.78, 5) is 20.2. The Labute approximate surface area is 128 Å². The van der Waals surface area contributed by atoms with Crippen LogP contribution in [0.5, 0.6) is 0 Å². The second-order valence-corrected chi connectivity index (χ2v) is 5.43. The van der Waals surface area contributed by atoms with Gasteiger partial charge in [0.1, 0.15) is 5.01 Å². The Morgan fingerprint density at radius 2 is 2.19 bits per heavy atom. The van der Waals surface area contributed by atoms with Crippen LogP contribution in [-0.4, -0.2) is 36.1 Å². The molecule has 1 N–H and O–H groups in total. The molecule has 2 rings (SSSR count). The quantitative estimate of drug-likeness (QED) is 0.760. The molecule has 1 amide bonds. The van der Waals surface area contributed by atoms with Crippen LogP contribution in [0.15, 0.2) is 29.9 Å². The van der Waals surface area contributed by atoms with Crippen molar-refractivity contribution in [3.63, 3.8) is 0 Å². The van der Waals surface area contributed by atoms with Crippen LogP contribution >= 0.6 is 11.3 Å². The molecule has 0 fully saturated rings. The zero-order valence-corrected chi connectivity index (χ0v) is 12.9. The molecule has 0 saturated heterocycles. The number of aryl methyl sites for hydroxylation is 1. The lowest BCUT2D eigenvalue weighted by Gasteiger charge is -2.03. The smallest absolute Gasteiger partial charge is 0.220 e. The number of nitrogens with zero attached hydrogens (tertiary/aromatic N) is 2. The summed E-state index contributed by atoms with van der Waals surface area (Å²) in [6, 6.07) is 3.87. The monoisotopic (exact) mass is 305 g/mol. The molecule has 21 heavy (non-hydrogen) atoms. The van der Waals surface area contributed by atoms with E-state index in [2.05, 4.69) is 15.3 Å². The molecule has 2 aromatic rings. The van der Waals surface area contributed by atoms with Gasteiger partial charge < -0.3 is 10.1 Å². The number of aromatic nitrogens is 2. The SMILES string of the molecule is COCCCNC(=O)CCc1csc(-c2ccncc2)n1. The first-order chi connectivity index (χ1) is 10.3. The van der Waals surface area contributed by atoms with Crippen molar-refractivity contribution < 1.29 is 9.53 Å². The minimum absolute atomic E-state index is 0.0598. The highest BCUT2D eigenvalue weighted by Crippen LogP contribution is 2.23. The second kappa shape index (κ2) is 8.49. The summed E-state index contributed by atoms with van der Waals surface area (Å²) in [6.07, 6.45) is 5.48. The van der Waals surface area contributed by atoms with Crippen LogP contribution in [0.3, 0.4) is 0 Å². The molecule has 0 radical (unpaired) electrons. The number of amides is 1. The molecule has 0 aromatic carbocycles. The zero-order valence-electron chi connectivity index (χ0n) is 12.0. The summed E-state index contributed by atoms with van der Waals surface area (Å²) < 4.78 is 4.93. The minimum atomic E-state index is 0.0598. The van der Waals surface area contributed by atoms with Crippen molar-refractivity contribution in [2.24, 2.45) is 0 Å². The van der Waals surface area contributed by atoms with Gasteiger partial charge in [-0.05, 0) is 25.0 Å². The average Bonchev–Trinajstić information content (AvgIpc) is 2.99. The molecule has 6 heteroatoms. The van der Waals surface area contributed by atoms with E-state index in [9.17, 15) is 4.79 Å². The predicted molar refractivity (Wildman–Crippen MR) is 83.2 cm³/mol. The summed E-state index contributed by atoms with van der Waals surface area (Å²) in [6.45, 7) is 1.33. The van der Waals surface area contributed by atoms with E-state index in [0.717, 1.165) is 22.7 Å². The lowest BCUT2D eigenvalue weighted by atomic mass is 10.2. The number of carbonyl (C=O) groups excluding carboxylic acids is 1. The van der Waals surface area contributed by atoms with Gasteiger partial charge in [-0.15, -0.1) is 11.3 Å². The summed E-state index contributed by atoms with van der Waals surface area (Å²) in [5, 5.41) is 5.85. The van der Waals surface area contributed by atoms with Gasteiger partial charge in [-0.2, -0.15) is 0 Å². The maximum absolute atomic E-state index is 11.7. The van der Waals surface area contributed by atoms with Crippen LogP contribution in [0.1, 0.15) is 18.5 Å². The third-order valence-electron chi connectivity index (χ3n) is 2.93. The molecular weight excluding hydrogens is 286 g/mol. The average molecular weight is 305 g/mol. The third-order valence-corrected chi connectivity index (χ3v) is 3.87. The topological polar surface area (TPSA) is 64.1 Å². The van der Waals surface area contributed by atoms with Gasteiger partial charge in [-0.25, -0.2) is 4.98 Å². The molecule has 0 atom stereocenters. The fourth-order valence-electron chi connectivity index (χ4n) is 1.82. The van der Waals surface area contributed by atoms with E-state index in [1.807, 2.05) is 17.5 Å². The maximum Gasteiger partial charge on any atom is 0.220 e. The summed E-state index contributed by atoms with van der Waals surface area (Å²) in [5.74, 6) is 0.0598. The summed E-state index contributed by atoms with van der Waals surface area (Å²) in [7, 11) is 1.66. The first kappa shape index (κ1) is 15.6. The second-order valence-electron chi connectivity index (χ2n) is 4.58. The molecule has 2 aromatic heterocycles. The lowest BCUT2D eigenvalue weighted by Crippen LogP contribution is -2.25. The van der Waals surface area contributed by atoms with E-state index in [4.69, 9.17) is 4.74 Å². The van der Waals surface area contributed by atoms with Gasteiger partial charge in [-0.3, -0.25) is 9.78 Å². The number of thiazole rings is 1. The van der Waals surface area contributed by atoms with Crippen LogP contribution < -0.4 is 5.32 Å². The predicted octanol–water partition coefficient (Wildman–Crippen LogP) is 2.29. The highest BCUT2D eigenvalue weighted by atomic mass is 32.1. The van der Waals surface area contributed by atoms with E-state index in [0.29, 0.717) is 26.0 Å². The molecule has 0 unspecified atom stereocenters. The van der Waals surface area contributed by atoms with Crippen molar-refractivity contribution in [1.82, 2.24) is 15.3 Å². The Morgan fingerprint density at radius 3 is 2.95 bits per heavy atom. The third kappa shape index (κ3) is 5.24. The first-order valence-electron chi connectivity index (χ1n) is 6.90. The van der Waals surface area contributed by atoms with Crippen molar-refractivity contribution in [2.45, 2.75) is 19.3 Å². The van der Waals surface area contributed by atoms with Crippen LogP contribution in [0.2, 0.25) is 0 Å². The fraction of sp³-hybridized carbons (Fsp3) is 0.400. The van der Waals surface area contributed by atoms with Gasteiger partial charge in [0.05, 0.1) is 5.69 Å². The molecule has 0 aliphatic carbocycles. The lowest BCUT2D eigenvalue weighted by molar-refractivity contribution is -0.121. The number of hydrogen-bond acceptors (Lipinski definition) is 5. The maximum atomic E-state index is 11.7. The van der Waals surface area contributed by atoms with Gasteiger partial charge >= 0.3 is 0 Å². The number of hydrogen-bond donors (Lipinski definition) is 1. The van der Waals surface area contributed by atoms with Crippen molar-refractivity contribution in [2.75, 3.05) is 20.3 Å². The van der Waals surface area contributed by atoms with Crippen LogP contribution in [0.4, 0.5) is 0 Å². The van der Waals surface area contributed by atoms with Gasteiger partial charge in [0.15, 0.2) is 0 Å². The summed E-state index contributed by atoms with van der Waals surface area (Å²) in [5.41, 5.74) is 2.02. The Bertz CT molecular complexity index is 557. The Kier molecular flexibility index (Phi) is 6.30. The van der Waals surface area contributed by atoms with E-state index in [-0.39, 0.29) is 5.91 Å². The van der Waals surface area contributed by atoms with Crippen molar-refractivity contribution >= 4 is 17.2 Å². The minimum Gasteiger partial charge on any atom is -0.385 e. The summed E-state index contributed by atoms with van der Waals surface area (Å²) >= 11 is 1.59. The van der Waals surface area contributed by atoms with Gasteiger partial charge in [0.25, 0.3) is 0 Å². The number of ether oxygens (including phenoxy) is 1. The van der Waals surface area contributed by atoms with E-state index < -0.39 is 0 Å². The highest BCUT2D eigenvalue weighted by molar-refractivity contribution is 7.13. The number of methoxy groups -OCH3 is 1. The van der Waals surface area contributed by atoms with Crippen LogP contribution in [0.25, 0.3) is 10.6 Å². The fourth-order valence-corrected chi connectivity index (χ4v) is 2.68. The molecule has 2 heterocycles. The molecule has 112 valence electrons. The number of pyridine rings is 1. The molecule has 0 aliphatic rings. The molecule has 0 saturated carbocycles. The molecule has 0 bridgehead atoms. The Balaban J connectivity index is 1.77. The van der Waals surface area contributed by atoms with Crippen molar-refractivity contribution in [1.29, 1.82) is 0 Å². The van der Waals surface area contributed by atoms with Gasteiger partial charge in [0, 0.05) is 50.0 Å².